The summed E-state index contributed by atoms with van der Waals surface area (Å²) in [5.41, 5.74) is 1.13. The fourth-order valence-electron chi connectivity index (χ4n) is 3.11. The zero-order valence-electron chi connectivity index (χ0n) is 15.0. The number of aromatic nitrogens is 2. The fourth-order valence-corrected chi connectivity index (χ4v) is 3.11. The first kappa shape index (κ1) is 18.1. The Kier molecular flexibility index (Phi) is 5.68. The van der Waals surface area contributed by atoms with Crippen molar-refractivity contribution in [3.63, 3.8) is 0 Å². The van der Waals surface area contributed by atoms with Crippen LogP contribution in [0.25, 0.3) is 0 Å². The molecule has 0 spiro atoms. The zero-order chi connectivity index (χ0) is 18.5. The maximum Gasteiger partial charge on any atom is 0.251 e. The van der Waals surface area contributed by atoms with Gasteiger partial charge in [0, 0.05) is 36.6 Å². The van der Waals surface area contributed by atoms with Crippen molar-refractivity contribution in [1.29, 1.82) is 0 Å². The van der Waals surface area contributed by atoms with Crippen LogP contribution in [0.2, 0.25) is 0 Å². The number of hydrogen-bond acceptors (Lipinski definition) is 4. The highest BCUT2D eigenvalue weighted by Gasteiger charge is 2.30. The molecule has 1 saturated heterocycles. The lowest BCUT2D eigenvalue weighted by Gasteiger charge is -2.16. The van der Waals surface area contributed by atoms with Crippen molar-refractivity contribution in [1.82, 2.24) is 14.9 Å². The molecule has 1 fully saturated rings. The number of nitrogens with zero attached hydrogens (tertiary/aromatic N) is 2. The van der Waals surface area contributed by atoms with Gasteiger partial charge in [-0.2, -0.15) is 0 Å². The van der Waals surface area contributed by atoms with Crippen LogP contribution in [-0.4, -0.2) is 39.6 Å². The molecule has 0 aliphatic carbocycles. The van der Waals surface area contributed by atoms with E-state index in [9.17, 15) is 9.59 Å². The van der Waals surface area contributed by atoms with Gasteiger partial charge in [-0.05, 0) is 38.5 Å². The number of imidazole rings is 1. The predicted molar refractivity (Wildman–Crippen MR) is 97.8 cm³/mol. The maximum absolute atomic E-state index is 12.5. The number of hydrogen-bond donors (Lipinski definition) is 2. The summed E-state index contributed by atoms with van der Waals surface area (Å²) >= 11 is 0. The van der Waals surface area contributed by atoms with Gasteiger partial charge in [0.25, 0.3) is 5.91 Å². The molecule has 7 nitrogen and oxygen atoms in total. The van der Waals surface area contributed by atoms with Crippen LogP contribution in [-0.2, 0) is 16.1 Å². The van der Waals surface area contributed by atoms with Gasteiger partial charge >= 0.3 is 0 Å². The number of nitrogens with one attached hydrogen (secondary N) is 2. The van der Waals surface area contributed by atoms with Gasteiger partial charge in [-0.3, -0.25) is 9.59 Å². The second kappa shape index (κ2) is 8.14. The molecule has 1 aromatic carbocycles. The van der Waals surface area contributed by atoms with E-state index >= 15 is 0 Å². The average Bonchev–Trinajstić information content (AvgIpc) is 3.23. The SMILES string of the molecule is CC1CC(NC(=O)c2cccc(NC(=O)CCn3ccnc3)c2)C(C)O1. The van der Waals surface area contributed by atoms with Gasteiger partial charge in [0.1, 0.15) is 0 Å². The van der Waals surface area contributed by atoms with E-state index in [1.54, 1.807) is 36.8 Å². The van der Waals surface area contributed by atoms with Crippen LogP contribution in [0.4, 0.5) is 5.69 Å². The minimum atomic E-state index is -0.158. The summed E-state index contributed by atoms with van der Waals surface area (Å²) in [6, 6.07) is 6.97. The van der Waals surface area contributed by atoms with Crippen LogP contribution in [0.3, 0.4) is 0 Å². The molecule has 138 valence electrons. The summed E-state index contributed by atoms with van der Waals surface area (Å²) in [6.45, 7) is 4.53. The Balaban J connectivity index is 1.55. The van der Waals surface area contributed by atoms with Gasteiger partial charge in [0.05, 0.1) is 24.6 Å². The van der Waals surface area contributed by atoms with E-state index in [1.165, 1.54) is 0 Å². The van der Waals surface area contributed by atoms with Gasteiger partial charge < -0.3 is 19.9 Å². The number of benzene rings is 1. The van der Waals surface area contributed by atoms with E-state index in [0.717, 1.165) is 6.42 Å². The first-order valence-electron chi connectivity index (χ1n) is 8.83. The number of carbonyl (C=O) groups is 2. The number of amides is 2. The van der Waals surface area contributed by atoms with Crippen molar-refractivity contribution < 1.29 is 14.3 Å². The Bertz CT molecular complexity index is 760. The molecule has 1 aliphatic rings. The van der Waals surface area contributed by atoms with E-state index in [0.29, 0.717) is 24.2 Å². The third-order valence-electron chi connectivity index (χ3n) is 4.48. The lowest BCUT2D eigenvalue weighted by Crippen LogP contribution is -2.39. The molecular weight excluding hydrogens is 332 g/mol. The second-order valence-corrected chi connectivity index (χ2v) is 6.65. The van der Waals surface area contributed by atoms with Crippen molar-refractivity contribution in [3.05, 3.63) is 48.5 Å². The van der Waals surface area contributed by atoms with Crippen molar-refractivity contribution in [2.75, 3.05) is 5.32 Å². The first-order chi connectivity index (χ1) is 12.5. The Morgan fingerprint density at radius 2 is 2.19 bits per heavy atom. The van der Waals surface area contributed by atoms with Gasteiger partial charge in [-0.1, -0.05) is 6.07 Å². The molecule has 0 bridgehead atoms. The largest absolute Gasteiger partial charge is 0.373 e. The van der Waals surface area contributed by atoms with Crippen LogP contribution in [0.15, 0.2) is 43.0 Å². The molecule has 3 atom stereocenters. The Hall–Kier alpha value is -2.67. The third-order valence-corrected chi connectivity index (χ3v) is 4.48. The van der Waals surface area contributed by atoms with Crippen LogP contribution in [0, 0.1) is 0 Å². The molecule has 7 heteroatoms. The molecule has 3 rings (SSSR count). The molecule has 2 heterocycles. The van der Waals surface area contributed by atoms with Crippen LogP contribution in [0.5, 0.6) is 0 Å². The van der Waals surface area contributed by atoms with E-state index in [2.05, 4.69) is 15.6 Å². The van der Waals surface area contributed by atoms with E-state index in [4.69, 9.17) is 4.74 Å². The Labute approximate surface area is 152 Å². The van der Waals surface area contributed by atoms with E-state index in [1.807, 2.05) is 24.6 Å². The van der Waals surface area contributed by atoms with Crippen LogP contribution >= 0.6 is 0 Å². The summed E-state index contributed by atoms with van der Waals surface area (Å²) in [4.78, 5) is 28.5. The molecule has 0 radical (unpaired) electrons. The van der Waals surface area contributed by atoms with E-state index in [-0.39, 0.29) is 30.1 Å². The lowest BCUT2D eigenvalue weighted by atomic mass is 10.1. The number of rotatable bonds is 6. The maximum atomic E-state index is 12.5. The molecule has 26 heavy (non-hydrogen) atoms. The normalized spacial score (nSPS) is 22.2. The molecular formula is C19H24N4O3. The van der Waals surface area contributed by atoms with Gasteiger partial charge in [-0.15, -0.1) is 0 Å². The standard InChI is InChI=1S/C19H24N4O3/c1-13-10-17(14(2)26-13)22-19(25)15-4-3-5-16(11-15)21-18(24)6-8-23-9-7-20-12-23/h3-5,7,9,11-14,17H,6,8,10H2,1-2H3,(H,21,24)(H,22,25). The second-order valence-electron chi connectivity index (χ2n) is 6.65. The van der Waals surface area contributed by atoms with Gasteiger partial charge in [0.15, 0.2) is 0 Å². The third kappa shape index (κ3) is 4.70. The number of anilines is 1. The lowest BCUT2D eigenvalue weighted by molar-refractivity contribution is -0.116. The fraction of sp³-hybridized carbons (Fsp3) is 0.421. The summed E-state index contributed by atoms with van der Waals surface area (Å²) < 4.78 is 7.51. The minimum absolute atomic E-state index is 0.0000109. The quantitative estimate of drug-likeness (QED) is 0.831. The van der Waals surface area contributed by atoms with Crippen LogP contribution in [0.1, 0.15) is 37.0 Å². The van der Waals surface area contributed by atoms with Crippen molar-refractivity contribution in [2.24, 2.45) is 0 Å². The minimum Gasteiger partial charge on any atom is -0.373 e. The molecule has 3 unspecified atom stereocenters. The molecule has 2 aromatic rings. The molecule has 1 aromatic heterocycles. The number of aryl methyl sites for hydroxylation is 1. The van der Waals surface area contributed by atoms with Crippen LogP contribution < -0.4 is 10.6 Å². The van der Waals surface area contributed by atoms with Crippen molar-refractivity contribution in [2.45, 2.75) is 51.5 Å². The molecule has 0 saturated carbocycles. The molecule has 2 N–H and O–H groups in total. The number of carbonyl (C=O) groups excluding carboxylic acids is 2. The highest BCUT2D eigenvalue weighted by Crippen LogP contribution is 2.20. The zero-order valence-corrected chi connectivity index (χ0v) is 15.0. The summed E-state index contributed by atoms with van der Waals surface area (Å²) in [6.07, 6.45) is 6.45. The molecule has 1 aliphatic heterocycles. The van der Waals surface area contributed by atoms with Crippen molar-refractivity contribution >= 4 is 17.5 Å². The smallest absolute Gasteiger partial charge is 0.251 e. The molecule has 2 amide bonds. The predicted octanol–water partition coefficient (Wildman–Crippen LogP) is 2.21. The summed E-state index contributed by atoms with van der Waals surface area (Å²) in [5.74, 6) is -0.267. The topological polar surface area (TPSA) is 85.3 Å². The van der Waals surface area contributed by atoms with Crippen molar-refractivity contribution in [3.8, 4) is 0 Å². The number of ether oxygens (including phenoxy) is 1. The monoisotopic (exact) mass is 356 g/mol. The Morgan fingerprint density at radius 3 is 2.88 bits per heavy atom. The summed E-state index contributed by atoms with van der Waals surface area (Å²) in [5, 5.41) is 5.84. The highest BCUT2D eigenvalue weighted by atomic mass is 16.5. The first-order valence-corrected chi connectivity index (χ1v) is 8.83. The van der Waals surface area contributed by atoms with Gasteiger partial charge in [-0.25, -0.2) is 4.98 Å². The average molecular weight is 356 g/mol. The highest BCUT2D eigenvalue weighted by molar-refractivity contribution is 5.97. The Morgan fingerprint density at radius 1 is 1.35 bits per heavy atom. The summed E-state index contributed by atoms with van der Waals surface area (Å²) in [7, 11) is 0. The van der Waals surface area contributed by atoms with E-state index < -0.39 is 0 Å². The van der Waals surface area contributed by atoms with Gasteiger partial charge in [0.2, 0.25) is 5.91 Å².